The highest BCUT2D eigenvalue weighted by molar-refractivity contribution is 5.96. The Kier molecular flexibility index (Phi) is 8.34. The minimum absolute atomic E-state index is 0.0690. The normalized spacial score (nSPS) is 17.8. The van der Waals surface area contributed by atoms with Gasteiger partial charge in [-0.3, -0.25) is 14.6 Å². The van der Waals surface area contributed by atoms with Gasteiger partial charge < -0.3 is 19.3 Å². The number of piperidine rings is 1. The highest BCUT2D eigenvalue weighted by Crippen LogP contribution is 2.39. The Balaban J connectivity index is 1.36. The molecule has 5 rings (SSSR count). The quantitative estimate of drug-likeness (QED) is 0.505. The van der Waals surface area contributed by atoms with Crippen molar-refractivity contribution in [2.45, 2.75) is 38.5 Å². The number of benzene rings is 1. The molecule has 4 heterocycles. The van der Waals surface area contributed by atoms with Crippen LogP contribution in [0.3, 0.4) is 0 Å². The highest BCUT2D eigenvalue weighted by Gasteiger charge is 2.39. The van der Waals surface area contributed by atoms with Gasteiger partial charge in [-0.15, -0.1) is 0 Å². The topological polar surface area (TPSA) is 97.8 Å². The van der Waals surface area contributed by atoms with Gasteiger partial charge in [-0.2, -0.15) is 0 Å². The number of methoxy groups -OCH3 is 1. The second-order valence-electron chi connectivity index (χ2n) is 10.3. The van der Waals surface area contributed by atoms with E-state index in [9.17, 15) is 9.59 Å². The van der Waals surface area contributed by atoms with E-state index in [1.54, 1.807) is 30.7 Å². The van der Waals surface area contributed by atoms with Crippen LogP contribution in [0.1, 0.15) is 58.5 Å². The molecule has 0 N–H and O–H groups in total. The Morgan fingerprint density at radius 1 is 0.897 bits per heavy atom. The lowest BCUT2D eigenvalue weighted by molar-refractivity contribution is 0.0324. The zero-order chi connectivity index (χ0) is 27.1. The molecule has 0 saturated carbocycles. The first kappa shape index (κ1) is 26.6. The lowest BCUT2D eigenvalue weighted by Gasteiger charge is -2.45. The molecule has 39 heavy (non-hydrogen) atoms. The summed E-state index contributed by atoms with van der Waals surface area (Å²) in [6, 6.07) is 11.7. The molecule has 3 aromatic rings. The second kappa shape index (κ2) is 12.2. The van der Waals surface area contributed by atoms with Gasteiger partial charge in [0.05, 0.1) is 19.9 Å². The third kappa shape index (κ3) is 6.19. The second-order valence-corrected chi connectivity index (χ2v) is 10.3. The first-order valence-corrected chi connectivity index (χ1v) is 13.6. The molecule has 0 aliphatic carbocycles. The molecule has 1 fully saturated rings. The van der Waals surface area contributed by atoms with Crippen LogP contribution in [0.4, 0.5) is 0 Å². The zero-order valence-corrected chi connectivity index (χ0v) is 22.4. The highest BCUT2D eigenvalue weighted by atomic mass is 16.5. The van der Waals surface area contributed by atoms with Crippen molar-refractivity contribution in [3.05, 3.63) is 78.0 Å². The molecule has 1 spiro atoms. The summed E-state index contributed by atoms with van der Waals surface area (Å²) < 4.78 is 11.5. The predicted octanol–water partition coefficient (Wildman–Crippen LogP) is 4.05. The van der Waals surface area contributed by atoms with E-state index in [0.717, 1.165) is 44.3 Å². The summed E-state index contributed by atoms with van der Waals surface area (Å²) in [5.74, 6) is 1.02. The van der Waals surface area contributed by atoms with Gasteiger partial charge in [0, 0.05) is 38.2 Å². The van der Waals surface area contributed by atoms with Crippen LogP contribution in [0.15, 0.2) is 61.2 Å². The Hall–Kier alpha value is -4.01. The van der Waals surface area contributed by atoms with E-state index in [2.05, 4.69) is 21.0 Å². The number of fused-ring (bicyclic) bond motifs is 1. The first-order chi connectivity index (χ1) is 19.1. The van der Waals surface area contributed by atoms with E-state index >= 15 is 0 Å². The van der Waals surface area contributed by atoms with E-state index in [4.69, 9.17) is 9.47 Å². The number of hydrogen-bond donors (Lipinski definition) is 0. The van der Waals surface area contributed by atoms with Crippen LogP contribution in [-0.2, 0) is 6.42 Å². The summed E-state index contributed by atoms with van der Waals surface area (Å²) in [6.45, 7) is 2.66. The van der Waals surface area contributed by atoms with E-state index in [0.29, 0.717) is 49.9 Å². The molecular formula is C30H35N5O4. The van der Waals surface area contributed by atoms with Gasteiger partial charge in [0.25, 0.3) is 11.8 Å². The first-order valence-electron chi connectivity index (χ1n) is 13.6. The lowest BCUT2D eigenvalue weighted by atomic mass is 9.73. The van der Waals surface area contributed by atoms with Crippen molar-refractivity contribution in [3.63, 3.8) is 0 Å². The number of amides is 2. The van der Waals surface area contributed by atoms with Crippen molar-refractivity contribution in [2.24, 2.45) is 5.41 Å². The predicted molar refractivity (Wildman–Crippen MR) is 146 cm³/mol. The molecular weight excluding hydrogens is 494 g/mol. The number of carbonyl (C=O) groups is 2. The molecule has 1 saturated heterocycles. The number of nitrogens with zero attached hydrogens (tertiary/aromatic N) is 5. The standard InChI is InChI=1S/C30H35N5O4/c1-38-27-24(9-6-14-33-27)28(36)34-17-12-30(13-18-34)11-5-4-8-23-7-2-3-10-26(23)39-20-19-35(22-30)29(37)25-21-31-15-16-32-25/h2-3,6-7,9-10,14-16,21H,4-5,8,11-13,17-20,22H2,1H3. The summed E-state index contributed by atoms with van der Waals surface area (Å²) >= 11 is 0. The van der Waals surface area contributed by atoms with Gasteiger partial charge >= 0.3 is 0 Å². The zero-order valence-electron chi connectivity index (χ0n) is 22.4. The number of aromatic nitrogens is 3. The molecule has 0 atom stereocenters. The molecule has 0 bridgehead atoms. The van der Waals surface area contributed by atoms with Gasteiger partial charge in [0.15, 0.2) is 0 Å². The lowest BCUT2D eigenvalue weighted by Crippen LogP contribution is -2.50. The Morgan fingerprint density at radius 2 is 1.74 bits per heavy atom. The number of aryl methyl sites for hydroxylation is 1. The van der Waals surface area contributed by atoms with Crippen LogP contribution in [0, 0.1) is 5.41 Å². The number of ether oxygens (including phenoxy) is 2. The van der Waals surface area contributed by atoms with Gasteiger partial charge in [-0.25, -0.2) is 9.97 Å². The monoisotopic (exact) mass is 529 g/mol. The Labute approximate surface area is 229 Å². The maximum Gasteiger partial charge on any atom is 0.274 e. The van der Waals surface area contributed by atoms with Crippen LogP contribution in [0.5, 0.6) is 11.6 Å². The van der Waals surface area contributed by atoms with Gasteiger partial charge in [0.2, 0.25) is 5.88 Å². The largest absolute Gasteiger partial charge is 0.491 e. The van der Waals surface area contributed by atoms with Crippen molar-refractivity contribution in [1.29, 1.82) is 0 Å². The van der Waals surface area contributed by atoms with Crippen LogP contribution < -0.4 is 9.47 Å². The number of para-hydroxylation sites is 1. The van der Waals surface area contributed by atoms with Crippen LogP contribution in [0.25, 0.3) is 0 Å². The van der Waals surface area contributed by atoms with E-state index < -0.39 is 0 Å². The molecule has 0 unspecified atom stereocenters. The summed E-state index contributed by atoms with van der Waals surface area (Å²) in [7, 11) is 1.53. The van der Waals surface area contributed by atoms with E-state index in [1.165, 1.54) is 18.9 Å². The number of pyridine rings is 1. The molecule has 9 heteroatoms. The fourth-order valence-corrected chi connectivity index (χ4v) is 5.72. The Bertz CT molecular complexity index is 1280. The Morgan fingerprint density at radius 3 is 2.54 bits per heavy atom. The van der Waals surface area contributed by atoms with Gasteiger partial charge in [0.1, 0.15) is 23.6 Å². The van der Waals surface area contributed by atoms with Crippen molar-refractivity contribution in [3.8, 4) is 11.6 Å². The summed E-state index contributed by atoms with van der Waals surface area (Å²) in [4.78, 5) is 43.3. The number of likely N-dealkylation sites (tertiary alicyclic amines) is 1. The smallest absolute Gasteiger partial charge is 0.274 e. The molecule has 2 aliphatic heterocycles. The minimum atomic E-state index is -0.143. The average molecular weight is 530 g/mol. The van der Waals surface area contributed by atoms with E-state index in [-0.39, 0.29) is 17.2 Å². The maximum atomic E-state index is 13.6. The molecule has 2 aliphatic rings. The van der Waals surface area contributed by atoms with Crippen molar-refractivity contribution in [1.82, 2.24) is 24.8 Å². The minimum Gasteiger partial charge on any atom is -0.491 e. The summed E-state index contributed by atoms with van der Waals surface area (Å²) in [5, 5.41) is 0. The van der Waals surface area contributed by atoms with Crippen molar-refractivity contribution in [2.75, 3.05) is 39.9 Å². The fourth-order valence-electron chi connectivity index (χ4n) is 5.72. The maximum absolute atomic E-state index is 13.6. The van der Waals surface area contributed by atoms with Crippen LogP contribution >= 0.6 is 0 Å². The number of hydrogen-bond acceptors (Lipinski definition) is 7. The molecule has 204 valence electrons. The fraction of sp³-hybridized carbons (Fsp3) is 0.433. The third-order valence-corrected chi connectivity index (χ3v) is 7.90. The summed E-state index contributed by atoms with van der Waals surface area (Å²) in [5.41, 5.74) is 1.90. The number of rotatable bonds is 3. The molecule has 0 radical (unpaired) electrons. The van der Waals surface area contributed by atoms with Crippen molar-refractivity contribution >= 4 is 11.8 Å². The SMILES string of the molecule is COc1ncccc1C(=O)N1CCC2(CCCCc3ccccc3OCCN(C(=O)c3cnccn3)C2)CC1. The number of carbonyl (C=O) groups excluding carboxylic acids is 2. The average Bonchev–Trinajstić information content (AvgIpc) is 2.99. The van der Waals surface area contributed by atoms with E-state index in [1.807, 2.05) is 28.0 Å². The molecule has 9 nitrogen and oxygen atoms in total. The van der Waals surface area contributed by atoms with Gasteiger partial charge in [-0.1, -0.05) is 24.6 Å². The molecule has 1 aromatic carbocycles. The summed E-state index contributed by atoms with van der Waals surface area (Å²) in [6.07, 6.45) is 11.9. The third-order valence-electron chi connectivity index (χ3n) is 7.90. The van der Waals surface area contributed by atoms with Crippen LogP contribution in [-0.4, -0.2) is 76.5 Å². The van der Waals surface area contributed by atoms with Crippen molar-refractivity contribution < 1.29 is 19.1 Å². The molecule has 2 amide bonds. The van der Waals surface area contributed by atoms with Crippen LogP contribution in [0.2, 0.25) is 0 Å². The van der Waals surface area contributed by atoms with Gasteiger partial charge in [-0.05, 0) is 61.3 Å². The molecule has 2 aromatic heterocycles.